The van der Waals surface area contributed by atoms with E-state index in [1.807, 2.05) is 0 Å². The van der Waals surface area contributed by atoms with E-state index in [-0.39, 0.29) is 17.1 Å². The number of carbonyl (C=O) groups is 1. The maximum Gasteiger partial charge on any atom is 0.342 e. The van der Waals surface area contributed by atoms with Crippen LogP contribution >= 0.6 is 0 Å². The molecule has 138 valence electrons. The minimum Gasteiger partial charge on any atom is -0.454 e. The Morgan fingerprint density at radius 1 is 1.22 bits per heavy atom. The Kier molecular flexibility index (Phi) is 4.98. The zero-order chi connectivity index (χ0) is 19.6. The van der Waals surface area contributed by atoms with Crippen molar-refractivity contribution in [1.82, 2.24) is 9.78 Å². The molecule has 1 aromatic heterocycles. The van der Waals surface area contributed by atoms with E-state index >= 15 is 0 Å². The van der Waals surface area contributed by atoms with Crippen molar-refractivity contribution >= 4 is 11.7 Å². The highest BCUT2D eigenvalue weighted by molar-refractivity contribution is 5.90. The van der Waals surface area contributed by atoms with Gasteiger partial charge in [0, 0.05) is 6.07 Å². The summed E-state index contributed by atoms with van der Waals surface area (Å²) < 4.78 is 20.0. The average Bonchev–Trinajstić information content (AvgIpc) is 3.04. The van der Waals surface area contributed by atoms with Crippen LogP contribution in [-0.2, 0) is 4.74 Å². The fraction of sp³-hybridized carbons (Fsp3) is 0.158. The van der Waals surface area contributed by atoms with Crippen LogP contribution in [0.4, 0.5) is 10.1 Å². The van der Waals surface area contributed by atoms with Crippen LogP contribution in [-0.4, -0.2) is 20.7 Å². The molecule has 8 heteroatoms. The van der Waals surface area contributed by atoms with E-state index in [9.17, 15) is 19.3 Å². The third kappa shape index (κ3) is 3.69. The maximum atomic E-state index is 13.1. The molecule has 1 unspecified atom stereocenters. The molecule has 0 fully saturated rings. The van der Waals surface area contributed by atoms with Crippen molar-refractivity contribution in [2.75, 3.05) is 0 Å². The topological polar surface area (TPSA) is 87.3 Å². The summed E-state index contributed by atoms with van der Waals surface area (Å²) in [5.74, 6) is -1.02. The molecule has 3 rings (SSSR count). The summed E-state index contributed by atoms with van der Waals surface area (Å²) in [7, 11) is 0. The zero-order valence-corrected chi connectivity index (χ0v) is 14.6. The highest BCUT2D eigenvalue weighted by Crippen LogP contribution is 2.28. The van der Waals surface area contributed by atoms with Crippen LogP contribution < -0.4 is 0 Å². The number of carbonyl (C=O) groups excluding carboxylic acids is 1. The quantitative estimate of drug-likeness (QED) is 0.383. The molecule has 0 saturated carbocycles. The number of nitro groups is 1. The highest BCUT2D eigenvalue weighted by Gasteiger charge is 2.24. The molecule has 0 bridgehead atoms. The van der Waals surface area contributed by atoms with Crippen LogP contribution in [0.2, 0.25) is 0 Å². The first-order valence-electron chi connectivity index (χ1n) is 8.13. The Balaban J connectivity index is 1.83. The van der Waals surface area contributed by atoms with E-state index in [4.69, 9.17) is 4.74 Å². The second kappa shape index (κ2) is 7.36. The van der Waals surface area contributed by atoms with Crippen molar-refractivity contribution in [1.29, 1.82) is 0 Å². The van der Waals surface area contributed by atoms with E-state index in [0.29, 0.717) is 16.9 Å². The second-order valence-corrected chi connectivity index (χ2v) is 5.90. The number of rotatable bonds is 5. The molecule has 7 nitrogen and oxygen atoms in total. The third-order valence-corrected chi connectivity index (χ3v) is 4.16. The largest absolute Gasteiger partial charge is 0.454 e. The molecule has 0 amide bonds. The second-order valence-electron chi connectivity index (χ2n) is 5.90. The van der Waals surface area contributed by atoms with Gasteiger partial charge in [-0.15, -0.1) is 0 Å². The molecule has 0 spiro atoms. The van der Waals surface area contributed by atoms with Gasteiger partial charge in [-0.25, -0.2) is 13.9 Å². The molecule has 1 atom stereocenters. The molecule has 2 aromatic carbocycles. The predicted octanol–water partition coefficient (Wildman–Crippen LogP) is 4.15. The van der Waals surface area contributed by atoms with Crippen molar-refractivity contribution in [3.8, 4) is 5.69 Å². The molecule has 0 saturated heterocycles. The van der Waals surface area contributed by atoms with Crippen molar-refractivity contribution in [3.63, 3.8) is 0 Å². The van der Waals surface area contributed by atoms with Gasteiger partial charge in [0.1, 0.15) is 17.5 Å². The van der Waals surface area contributed by atoms with Gasteiger partial charge in [0.25, 0.3) is 5.69 Å². The summed E-state index contributed by atoms with van der Waals surface area (Å²) in [6.07, 6.45) is 0.542. The zero-order valence-electron chi connectivity index (χ0n) is 14.6. The van der Waals surface area contributed by atoms with Crippen LogP contribution in [0.5, 0.6) is 0 Å². The van der Waals surface area contributed by atoms with E-state index in [1.54, 1.807) is 44.2 Å². The van der Waals surface area contributed by atoms with E-state index in [0.717, 1.165) is 0 Å². The number of ether oxygens (including phenoxy) is 1. The van der Waals surface area contributed by atoms with E-state index in [1.165, 1.54) is 29.1 Å². The van der Waals surface area contributed by atoms with Crippen molar-refractivity contribution in [3.05, 3.63) is 87.5 Å². The number of aromatic nitrogens is 2. The first-order chi connectivity index (χ1) is 12.9. The number of nitrogens with zero attached hydrogens (tertiary/aromatic N) is 3. The van der Waals surface area contributed by atoms with E-state index in [2.05, 4.69) is 5.10 Å². The van der Waals surface area contributed by atoms with Crippen LogP contribution in [0.3, 0.4) is 0 Å². The number of halogens is 1. The van der Waals surface area contributed by atoms with Gasteiger partial charge in [0.05, 0.1) is 28.1 Å². The Bertz CT molecular complexity index is 998. The van der Waals surface area contributed by atoms with Crippen LogP contribution in [0.1, 0.15) is 34.6 Å². The Morgan fingerprint density at radius 3 is 2.56 bits per heavy atom. The minimum atomic E-state index is -0.812. The maximum absolute atomic E-state index is 13.1. The molecular weight excluding hydrogens is 353 g/mol. The number of para-hydroxylation sites is 1. The lowest BCUT2D eigenvalue weighted by atomic mass is 10.1. The molecule has 3 aromatic rings. The Hall–Kier alpha value is -3.55. The van der Waals surface area contributed by atoms with Crippen LogP contribution in [0, 0.1) is 22.9 Å². The van der Waals surface area contributed by atoms with Crippen molar-refractivity contribution in [2.24, 2.45) is 0 Å². The number of nitro benzene ring substituents is 1. The van der Waals surface area contributed by atoms with Gasteiger partial charge in [-0.2, -0.15) is 5.10 Å². The monoisotopic (exact) mass is 369 g/mol. The first-order valence-corrected chi connectivity index (χ1v) is 8.13. The number of benzene rings is 2. The van der Waals surface area contributed by atoms with E-state index < -0.39 is 17.0 Å². The highest BCUT2D eigenvalue weighted by atomic mass is 19.1. The number of hydrogen-bond donors (Lipinski definition) is 0. The minimum absolute atomic E-state index is 0.114. The predicted molar refractivity (Wildman–Crippen MR) is 95.2 cm³/mol. The smallest absolute Gasteiger partial charge is 0.342 e. The van der Waals surface area contributed by atoms with Crippen LogP contribution in [0.25, 0.3) is 5.69 Å². The summed E-state index contributed by atoms with van der Waals surface area (Å²) in [6.45, 7) is 3.25. The van der Waals surface area contributed by atoms with Gasteiger partial charge < -0.3 is 4.74 Å². The van der Waals surface area contributed by atoms with Crippen molar-refractivity contribution < 1.29 is 18.8 Å². The molecule has 0 aliphatic carbocycles. The van der Waals surface area contributed by atoms with Gasteiger partial charge in [-0.05, 0) is 44.2 Å². The van der Waals surface area contributed by atoms with Gasteiger partial charge in [0.2, 0.25) is 0 Å². The SMILES string of the molecule is Cc1c(C(=O)OC(C)c2ccccc2[N+](=O)[O-])cnn1-c1ccc(F)cc1. The normalized spacial score (nSPS) is 11.8. The summed E-state index contributed by atoms with van der Waals surface area (Å²) in [4.78, 5) is 23.2. The lowest BCUT2D eigenvalue weighted by Gasteiger charge is -2.13. The lowest BCUT2D eigenvalue weighted by Crippen LogP contribution is -2.11. The Morgan fingerprint density at radius 2 is 1.89 bits per heavy atom. The molecular formula is C19H16FN3O4. The van der Waals surface area contributed by atoms with Gasteiger partial charge >= 0.3 is 5.97 Å². The lowest BCUT2D eigenvalue weighted by molar-refractivity contribution is -0.386. The summed E-state index contributed by atoms with van der Waals surface area (Å²) >= 11 is 0. The molecule has 0 radical (unpaired) electrons. The fourth-order valence-electron chi connectivity index (χ4n) is 2.74. The van der Waals surface area contributed by atoms with Gasteiger partial charge in [-0.1, -0.05) is 12.1 Å². The first kappa shape index (κ1) is 18.2. The fourth-order valence-corrected chi connectivity index (χ4v) is 2.74. The molecule has 0 aliphatic heterocycles. The Labute approximate surface area is 154 Å². The molecule has 1 heterocycles. The molecule has 0 N–H and O–H groups in total. The van der Waals surface area contributed by atoms with Crippen LogP contribution in [0.15, 0.2) is 54.7 Å². The number of esters is 1. The summed E-state index contributed by atoms with van der Waals surface area (Å²) in [5.41, 5.74) is 1.53. The number of hydrogen-bond acceptors (Lipinski definition) is 5. The third-order valence-electron chi connectivity index (χ3n) is 4.16. The summed E-state index contributed by atoms with van der Waals surface area (Å²) in [6, 6.07) is 11.8. The van der Waals surface area contributed by atoms with Crippen molar-refractivity contribution in [2.45, 2.75) is 20.0 Å². The van der Waals surface area contributed by atoms with Gasteiger partial charge in [-0.3, -0.25) is 10.1 Å². The molecule has 0 aliphatic rings. The standard InChI is InChI=1S/C19H16FN3O4/c1-12-17(11-21-22(12)15-9-7-14(20)8-10-15)19(24)27-13(2)16-5-3-4-6-18(16)23(25)26/h3-11,13H,1-2H3. The van der Waals surface area contributed by atoms with Gasteiger partial charge in [0.15, 0.2) is 0 Å². The average molecular weight is 369 g/mol. The summed E-state index contributed by atoms with van der Waals surface area (Å²) in [5, 5.41) is 15.3. The molecule has 27 heavy (non-hydrogen) atoms.